The minimum absolute atomic E-state index is 0.0813. The summed E-state index contributed by atoms with van der Waals surface area (Å²) >= 11 is 3.45. The van der Waals surface area contributed by atoms with Crippen molar-refractivity contribution < 1.29 is 4.39 Å². The van der Waals surface area contributed by atoms with E-state index in [2.05, 4.69) is 35.1 Å². The maximum Gasteiger partial charge on any atom is 0.126 e. The van der Waals surface area contributed by atoms with E-state index >= 15 is 0 Å². The molecule has 1 aliphatic carbocycles. The van der Waals surface area contributed by atoms with Crippen LogP contribution in [0.15, 0.2) is 22.7 Å². The van der Waals surface area contributed by atoms with E-state index in [9.17, 15) is 4.39 Å². The zero-order valence-corrected chi connectivity index (χ0v) is 14.0. The van der Waals surface area contributed by atoms with E-state index in [0.717, 1.165) is 35.3 Å². The van der Waals surface area contributed by atoms with Crippen LogP contribution in [0.25, 0.3) is 0 Å². The van der Waals surface area contributed by atoms with Crippen molar-refractivity contribution in [2.45, 2.75) is 52.0 Å². The standard InChI is InChI=1S/C17H25BrFN/c1-3-9-20-17(15-6-4-5-12(15)2)11-13-10-14(18)7-8-16(13)19/h7-8,10,12,15,17,20H,3-6,9,11H2,1-2H3. The first-order chi connectivity index (χ1) is 9.61. The van der Waals surface area contributed by atoms with E-state index in [0.29, 0.717) is 12.0 Å². The molecule has 0 spiro atoms. The van der Waals surface area contributed by atoms with Crippen LogP contribution in [0.5, 0.6) is 0 Å². The highest BCUT2D eigenvalue weighted by Crippen LogP contribution is 2.35. The Labute approximate surface area is 130 Å². The Balaban J connectivity index is 2.12. The van der Waals surface area contributed by atoms with E-state index in [1.165, 1.54) is 19.3 Å². The molecule has 1 aromatic rings. The summed E-state index contributed by atoms with van der Waals surface area (Å²) in [5.41, 5.74) is 0.826. The Bertz CT molecular complexity index is 435. The first-order valence-electron chi connectivity index (χ1n) is 7.79. The molecule has 0 saturated heterocycles. The molecule has 0 amide bonds. The summed E-state index contributed by atoms with van der Waals surface area (Å²) in [6, 6.07) is 5.66. The van der Waals surface area contributed by atoms with E-state index in [1.807, 2.05) is 6.07 Å². The van der Waals surface area contributed by atoms with Crippen molar-refractivity contribution in [3.05, 3.63) is 34.1 Å². The maximum atomic E-state index is 14.0. The summed E-state index contributed by atoms with van der Waals surface area (Å²) in [5.74, 6) is 1.35. The van der Waals surface area contributed by atoms with Gasteiger partial charge in [0.15, 0.2) is 0 Å². The predicted molar refractivity (Wildman–Crippen MR) is 86.4 cm³/mol. The van der Waals surface area contributed by atoms with Crippen molar-refractivity contribution in [2.24, 2.45) is 11.8 Å². The van der Waals surface area contributed by atoms with Crippen LogP contribution in [0, 0.1) is 17.7 Å². The Morgan fingerprint density at radius 3 is 2.85 bits per heavy atom. The third kappa shape index (κ3) is 4.05. The second kappa shape index (κ2) is 7.56. The van der Waals surface area contributed by atoms with Crippen molar-refractivity contribution in [2.75, 3.05) is 6.54 Å². The first kappa shape index (κ1) is 16.0. The zero-order chi connectivity index (χ0) is 14.5. The lowest BCUT2D eigenvalue weighted by Gasteiger charge is -2.28. The van der Waals surface area contributed by atoms with Crippen LogP contribution in [0.4, 0.5) is 4.39 Å². The summed E-state index contributed by atoms with van der Waals surface area (Å²) in [7, 11) is 0. The van der Waals surface area contributed by atoms with Gasteiger partial charge in [0.1, 0.15) is 5.82 Å². The molecule has 1 saturated carbocycles. The number of hydrogen-bond donors (Lipinski definition) is 1. The fourth-order valence-electron chi connectivity index (χ4n) is 3.41. The smallest absolute Gasteiger partial charge is 0.126 e. The van der Waals surface area contributed by atoms with E-state index in [-0.39, 0.29) is 5.82 Å². The van der Waals surface area contributed by atoms with Crippen LogP contribution in [0.3, 0.4) is 0 Å². The monoisotopic (exact) mass is 341 g/mol. The van der Waals surface area contributed by atoms with Crippen LogP contribution >= 0.6 is 15.9 Å². The molecule has 0 radical (unpaired) electrons. The van der Waals surface area contributed by atoms with Gasteiger partial charge in [-0.05, 0) is 61.4 Å². The van der Waals surface area contributed by atoms with Crippen LogP contribution in [0.1, 0.15) is 45.1 Å². The van der Waals surface area contributed by atoms with Crippen molar-refractivity contribution in [3.8, 4) is 0 Å². The number of halogens is 2. The van der Waals surface area contributed by atoms with Crippen LogP contribution in [-0.4, -0.2) is 12.6 Å². The maximum absolute atomic E-state index is 14.0. The van der Waals surface area contributed by atoms with Crippen molar-refractivity contribution >= 4 is 15.9 Å². The molecule has 1 nitrogen and oxygen atoms in total. The van der Waals surface area contributed by atoms with Gasteiger partial charge >= 0.3 is 0 Å². The van der Waals surface area contributed by atoms with Gasteiger partial charge in [0.2, 0.25) is 0 Å². The number of nitrogens with one attached hydrogen (secondary N) is 1. The Hall–Kier alpha value is -0.410. The van der Waals surface area contributed by atoms with Gasteiger partial charge in [0.25, 0.3) is 0 Å². The molecule has 20 heavy (non-hydrogen) atoms. The Morgan fingerprint density at radius 2 is 2.20 bits per heavy atom. The molecule has 0 aromatic heterocycles. The second-order valence-corrected chi connectivity index (χ2v) is 6.99. The van der Waals surface area contributed by atoms with Gasteiger partial charge in [0.05, 0.1) is 0 Å². The van der Waals surface area contributed by atoms with Gasteiger partial charge in [-0.15, -0.1) is 0 Å². The van der Waals surface area contributed by atoms with Gasteiger partial charge in [-0.3, -0.25) is 0 Å². The highest BCUT2D eigenvalue weighted by atomic mass is 79.9. The summed E-state index contributed by atoms with van der Waals surface area (Å²) in [6.45, 7) is 5.54. The van der Waals surface area contributed by atoms with E-state index in [1.54, 1.807) is 12.1 Å². The molecule has 2 rings (SSSR count). The molecule has 0 aliphatic heterocycles. The predicted octanol–water partition coefficient (Wildman–Crippen LogP) is 4.94. The highest BCUT2D eigenvalue weighted by molar-refractivity contribution is 9.10. The van der Waals surface area contributed by atoms with Gasteiger partial charge in [-0.1, -0.05) is 42.6 Å². The molecular formula is C17H25BrFN. The van der Waals surface area contributed by atoms with Gasteiger partial charge < -0.3 is 5.32 Å². The molecule has 1 aliphatic rings. The van der Waals surface area contributed by atoms with E-state index in [4.69, 9.17) is 0 Å². The number of benzene rings is 1. The lowest BCUT2D eigenvalue weighted by Crippen LogP contribution is -2.39. The molecule has 112 valence electrons. The molecule has 3 atom stereocenters. The molecule has 0 bridgehead atoms. The molecule has 3 heteroatoms. The molecular weight excluding hydrogens is 317 g/mol. The topological polar surface area (TPSA) is 12.0 Å². The molecule has 1 N–H and O–H groups in total. The Morgan fingerprint density at radius 1 is 1.40 bits per heavy atom. The average Bonchev–Trinajstić information content (AvgIpc) is 2.84. The molecule has 1 fully saturated rings. The molecule has 1 aromatic carbocycles. The summed E-state index contributed by atoms with van der Waals surface area (Å²) < 4.78 is 14.9. The Kier molecular flexibility index (Phi) is 6.03. The minimum atomic E-state index is -0.0813. The van der Waals surface area contributed by atoms with Gasteiger partial charge in [-0.2, -0.15) is 0 Å². The van der Waals surface area contributed by atoms with Crippen molar-refractivity contribution in [1.82, 2.24) is 5.32 Å². The number of hydrogen-bond acceptors (Lipinski definition) is 1. The number of rotatable bonds is 6. The van der Waals surface area contributed by atoms with Gasteiger partial charge in [-0.25, -0.2) is 4.39 Å². The fourth-order valence-corrected chi connectivity index (χ4v) is 3.82. The second-order valence-electron chi connectivity index (χ2n) is 6.07. The van der Waals surface area contributed by atoms with Crippen molar-refractivity contribution in [1.29, 1.82) is 0 Å². The normalized spacial score (nSPS) is 24.0. The third-order valence-corrected chi connectivity index (χ3v) is 5.04. The lowest BCUT2D eigenvalue weighted by molar-refractivity contribution is 0.293. The summed E-state index contributed by atoms with van der Waals surface area (Å²) in [4.78, 5) is 0. The fraction of sp³-hybridized carbons (Fsp3) is 0.647. The van der Waals surface area contributed by atoms with Gasteiger partial charge in [0, 0.05) is 10.5 Å². The SMILES string of the molecule is CCCNC(Cc1cc(Br)ccc1F)C1CCCC1C. The zero-order valence-electron chi connectivity index (χ0n) is 12.5. The summed E-state index contributed by atoms with van der Waals surface area (Å²) in [6.07, 6.45) is 5.82. The molecule has 3 unspecified atom stereocenters. The summed E-state index contributed by atoms with van der Waals surface area (Å²) in [5, 5.41) is 3.65. The minimum Gasteiger partial charge on any atom is -0.313 e. The average molecular weight is 342 g/mol. The molecule has 0 heterocycles. The van der Waals surface area contributed by atoms with Crippen LogP contribution in [0.2, 0.25) is 0 Å². The van der Waals surface area contributed by atoms with Crippen molar-refractivity contribution in [3.63, 3.8) is 0 Å². The largest absolute Gasteiger partial charge is 0.313 e. The third-order valence-electron chi connectivity index (χ3n) is 4.55. The van der Waals surface area contributed by atoms with Crippen LogP contribution < -0.4 is 5.32 Å². The first-order valence-corrected chi connectivity index (χ1v) is 8.58. The highest BCUT2D eigenvalue weighted by Gasteiger charge is 2.31. The van der Waals surface area contributed by atoms with Crippen LogP contribution in [-0.2, 0) is 6.42 Å². The van der Waals surface area contributed by atoms with E-state index < -0.39 is 0 Å². The quantitative estimate of drug-likeness (QED) is 0.772. The lowest BCUT2D eigenvalue weighted by atomic mass is 9.86.